The Bertz CT molecular complexity index is 789. The maximum absolute atomic E-state index is 13.6. The lowest BCUT2D eigenvalue weighted by Gasteiger charge is -2.22. The van der Waals surface area contributed by atoms with Crippen LogP contribution in [-0.2, 0) is 0 Å². The fraction of sp³-hybridized carbons (Fsp3) is 0. The molecule has 7 heteroatoms. The molecule has 0 fully saturated rings. The van der Waals surface area contributed by atoms with Crippen molar-refractivity contribution in [2.45, 2.75) is 0 Å². The Hall–Kier alpha value is -1.69. The van der Waals surface area contributed by atoms with E-state index in [4.69, 9.17) is 23.2 Å². The van der Waals surface area contributed by atoms with Gasteiger partial charge >= 0.3 is 0 Å². The van der Waals surface area contributed by atoms with Gasteiger partial charge in [0.15, 0.2) is 5.13 Å². The minimum absolute atomic E-state index is 0.311. The molecule has 1 heterocycles. The highest BCUT2D eigenvalue weighted by Gasteiger charge is 2.17. The summed E-state index contributed by atoms with van der Waals surface area (Å²) in [5.74, 6) is -1.34. The van der Waals surface area contributed by atoms with Crippen molar-refractivity contribution in [2.75, 3.05) is 4.90 Å². The van der Waals surface area contributed by atoms with Crippen LogP contribution < -0.4 is 4.90 Å². The zero-order valence-corrected chi connectivity index (χ0v) is 13.3. The number of hydrogen-bond donors (Lipinski definition) is 0. The van der Waals surface area contributed by atoms with E-state index in [2.05, 4.69) is 4.98 Å². The van der Waals surface area contributed by atoms with Crippen molar-refractivity contribution < 1.29 is 8.78 Å². The van der Waals surface area contributed by atoms with Gasteiger partial charge in [0.05, 0.1) is 15.7 Å². The molecule has 3 aromatic rings. The molecule has 0 aliphatic carbocycles. The van der Waals surface area contributed by atoms with E-state index in [1.165, 1.54) is 23.5 Å². The van der Waals surface area contributed by atoms with Crippen molar-refractivity contribution in [3.63, 3.8) is 0 Å². The SMILES string of the molecule is Fc1cc(F)cc(N(c2ccc(Cl)c(Cl)c2)c2nccs2)c1. The first kappa shape index (κ1) is 15.2. The summed E-state index contributed by atoms with van der Waals surface area (Å²) in [6, 6.07) is 8.22. The fourth-order valence-corrected chi connectivity index (χ4v) is 2.96. The minimum atomic E-state index is -0.670. The number of rotatable bonds is 3. The van der Waals surface area contributed by atoms with Gasteiger partial charge in [0, 0.05) is 23.3 Å². The first-order chi connectivity index (χ1) is 10.5. The van der Waals surface area contributed by atoms with E-state index in [0.29, 0.717) is 26.6 Å². The third-order valence-electron chi connectivity index (χ3n) is 2.88. The van der Waals surface area contributed by atoms with Gasteiger partial charge in [-0.15, -0.1) is 11.3 Å². The maximum atomic E-state index is 13.6. The Kier molecular flexibility index (Phi) is 4.29. The first-order valence-electron chi connectivity index (χ1n) is 6.15. The number of aromatic nitrogens is 1. The Morgan fingerprint density at radius 1 is 0.909 bits per heavy atom. The summed E-state index contributed by atoms with van der Waals surface area (Å²) in [6.45, 7) is 0. The van der Waals surface area contributed by atoms with Crippen LogP contribution in [0, 0.1) is 11.6 Å². The topological polar surface area (TPSA) is 16.1 Å². The molecule has 0 radical (unpaired) electrons. The van der Waals surface area contributed by atoms with Crippen LogP contribution in [0.25, 0.3) is 0 Å². The Balaban J connectivity index is 2.17. The summed E-state index contributed by atoms with van der Waals surface area (Å²) in [4.78, 5) is 5.81. The van der Waals surface area contributed by atoms with Crippen LogP contribution in [-0.4, -0.2) is 4.98 Å². The largest absolute Gasteiger partial charge is 0.286 e. The van der Waals surface area contributed by atoms with E-state index in [0.717, 1.165) is 6.07 Å². The smallest absolute Gasteiger partial charge is 0.194 e. The number of thiazole rings is 1. The molecule has 0 aliphatic heterocycles. The molecule has 2 aromatic carbocycles. The molecule has 0 atom stereocenters. The van der Waals surface area contributed by atoms with E-state index in [1.54, 1.807) is 34.7 Å². The van der Waals surface area contributed by atoms with Crippen LogP contribution >= 0.6 is 34.5 Å². The highest BCUT2D eigenvalue weighted by Crippen LogP contribution is 2.38. The van der Waals surface area contributed by atoms with Gasteiger partial charge in [-0.25, -0.2) is 13.8 Å². The Labute approximate surface area is 139 Å². The quantitative estimate of drug-likeness (QED) is 0.555. The van der Waals surface area contributed by atoms with E-state index in [1.807, 2.05) is 0 Å². The monoisotopic (exact) mass is 356 g/mol. The van der Waals surface area contributed by atoms with Crippen LogP contribution in [0.1, 0.15) is 0 Å². The average molecular weight is 357 g/mol. The Morgan fingerprint density at radius 3 is 2.23 bits per heavy atom. The van der Waals surface area contributed by atoms with Gasteiger partial charge in [-0.05, 0) is 30.3 Å². The molecule has 2 nitrogen and oxygen atoms in total. The second kappa shape index (κ2) is 6.20. The van der Waals surface area contributed by atoms with Gasteiger partial charge in [-0.2, -0.15) is 0 Å². The third-order valence-corrected chi connectivity index (χ3v) is 4.37. The zero-order chi connectivity index (χ0) is 15.7. The number of nitrogens with zero attached hydrogens (tertiary/aromatic N) is 2. The third kappa shape index (κ3) is 3.06. The molecule has 0 unspecified atom stereocenters. The summed E-state index contributed by atoms with van der Waals surface area (Å²) in [7, 11) is 0. The second-order valence-corrected chi connectivity index (χ2v) is 6.06. The molecular weight excluding hydrogens is 349 g/mol. The number of hydrogen-bond acceptors (Lipinski definition) is 3. The number of anilines is 3. The van der Waals surface area contributed by atoms with Crippen LogP contribution in [0.15, 0.2) is 48.0 Å². The average Bonchev–Trinajstić information content (AvgIpc) is 2.96. The van der Waals surface area contributed by atoms with E-state index < -0.39 is 11.6 Å². The molecule has 0 saturated heterocycles. The minimum Gasteiger partial charge on any atom is -0.286 e. The maximum Gasteiger partial charge on any atom is 0.194 e. The van der Waals surface area contributed by atoms with Crippen molar-refractivity contribution in [3.05, 3.63) is 69.7 Å². The van der Waals surface area contributed by atoms with Gasteiger partial charge in [0.1, 0.15) is 11.6 Å². The summed E-state index contributed by atoms with van der Waals surface area (Å²) >= 11 is 13.3. The molecule has 1 aromatic heterocycles. The zero-order valence-electron chi connectivity index (χ0n) is 10.9. The molecular formula is C15H8Cl2F2N2S. The molecule has 0 bridgehead atoms. The predicted octanol–water partition coefficient (Wildman–Crippen LogP) is 6.20. The first-order valence-corrected chi connectivity index (χ1v) is 7.79. The van der Waals surface area contributed by atoms with Crippen molar-refractivity contribution in [1.82, 2.24) is 4.98 Å². The summed E-state index contributed by atoms with van der Waals surface area (Å²) in [5, 5.41) is 3.08. The van der Waals surface area contributed by atoms with Gasteiger partial charge < -0.3 is 0 Å². The molecule has 3 rings (SSSR count). The molecule has 0 N–H and O–H groups in total. The van der Waals surface area contributed by atoms with Gasteiger partial charge in [0.25, 0.3) is 0 Å². The molecule has 0 aliphatic rings. The molecule has 0 amide bonds. The van der Waals surface area contributed by atoms with Crippen molar-refractivity contribution >= 4 is 51.0 Å². The van der Waals surface area contributed by atoms with Gasteiger partial charge in [-0.1, -0.05) is 23.2 Å². The summed E-state index contributed by atoms with van der Waals surface area (Å²) < 4.78 is 27.1. The van der Waals surface area contributed by atoms with Crippen LogP contribution in [0.2, 0.25) is 10.0 Å². The van der Waals surface area contributed by atoms with Crippen molar-refractivity contribution in [2.24, 2.45) is 0 Å². The second-order valence-electron chi connectivity index (χ2n) is 4.38. The molecule has 22 heavy (non-hydrogen) atoms. The number of benzene rings is 2. The highest BCUT2D eigenvalue weighted by molar-refractivity contribution is 7.13. The van der Waals surface area contributed by atoms with E-state index in [9.17, 15) is 8.78 Å². The standard InChI is InChI=1S/C15H8Cl2F2N2S/c16-13-2-1-11(8-14(13)17)21(15-20-3-4-22-15)12-6-9(18)5-10(19)7-12/h1-8H. The number of halogens is 4. The molecule has 0 spiro atoms. The Morgan fingerprint density at radius 2 is 1.64 bits per heavy atom. The molecule has 0 saturated carbocycles. The lowest BCUT2D eigenvalue weighted by Crippen LogP contribution is -2.10. The van der Waals surface area contributed by atoms with Crippen molar-refractivity contribution in [3.8, 4) is 0 Å². The summed E-state index contributed by atoms with van der Waals surface area (Å²) in [5.41, 5.74) is 0.917. The van der Waals surface area contributed by atoms with Crippen molar-refractivity contribution in [1.29, 1.82) is 0 Å². The van der Waals surface area contributed by atoms with Crippen LogP contribution in [0.4, 0.5) is 25.3 Å². The normalized spacial score (nSPS) is 10.7. The van der Waals surface area contributed by atoms with E-state index in [-0.39, 0.29) is 0 Å². The molecule has 112 valence electrons. The lowest BCUT2D eigenvalue weighted by atomic mass is 10.2. The summed E-state index contributed by atoms with van der Waals surface area (Å²) in [6.07, 6.45) is 1.61. The highest BCUT2D eigenvalue weighted by atomic mass is 35.5. The fourth-order valence-electron chi connectivity index (χ4n) is 1.99. The lowest BCUT2D eigenvalue weighted by molar-refractivity contribution is 0.584. The van der Waals surface area contributed by atoms with Crippen LogP contribution in [0.5, 0.6) is 0 Å². The van der Waals surface area contributed by atoms with Gasteiger partial charge in [-0.3, -0.25) is 4.90 Å². The predicted molar refractivity (Wildman–Crippen MR) is 86.7 cm³/mol. The van der Waals surface area contributed by atoms with E-state index >= 15 is 0 Å². The van der Waals surface area contributed by atoms with Crippen LogP contribution in [0.3, 0.4) is 0 Å². The van der Waals surface area contributed by atoms with Gasteiger partial charge in [0.2, 0.25) is 0 Å².